The van der Waals surface area contributed by atoms with Crippen LogP contribution in [0.4, 0.5) is 0 Å². The van der Waals surface area contributed by atoms with E-state index in [9.17, 15) is 4.79 Å². The molecule has 0 aliphatic heterocycles. The van der Waals surface area contributed by atoms with E-state index in [2.05, 4.69) is 27.4 Å². The molecule has 0 radical (unpaired) electrons. The molecule has 2 heterocycles. The summed E-state index contributed by atoms with van der Waals surface area (Å²) in [6.45, 7) is 5.98. The molecular formula is C13H19N5OS. The van der Waals surface area contributed by atoms with Gasteiger partial charge in [-0.1, -0.05) is 6.07 Å². The summed E-state index contributed by atoms with van der Waals surface area (Å²) in [6, 6.07) is 4.30. The van der Waals surface area contributed by atoms with Crippen LogP contribution in [0.5, 0.6) is 0 Å². The first-order chi connectivity index (χ1) is 9.52. The van der Waals surface area contributed by atoms with Crippen LogP contribution in [0.1, 0.15) is 38.4 Å². The molecule has 0 aliphatic carbocycles. The van der Waals surface area contributed by atoms with Crippen LogP contribution < -0.4 is 11.0 Å². The summed E-state index contributed by atoms with van der Waals surface area (Å²) in [7, 11) is 1.92. The molecule has 108 valence electrons. The predicted octanol–water partition coefficient (Wildman–Crippen LogP) is 1.98. The summed E-state index contributed by atoms with van der Waals surface area (Å²) in [5, 5.41) is 11.1. The summed E-state index contributed by atoms with van der Waals surface area (Å²) in [5.74, 6) is 0. The van der Waals surface area contributed by atoms with Crippen LogP contribution in [-0.4, -0.2) is 26.8 Å². The Kier molecular flexibility index (Phi) is 4.61. The summed E-state index contributed by atoms with van der Waals surface area (Å²) in [6.07, 6.45) is 1.84. The van der Waals surface area contributed by atoms with Crippen molar-refractivity contribution >= 4 is 11.8 Å². The van der Waals surface area contributed by atoms with Crippen molar-refractivity contribution < 1.29 is 0 Å². The molecule has 2 N–H and O–H groups in total. The van der Waals surface area contributed by atoms with Gasteiger partial charge in [0.2, 0.25) is 0 Å². The number of hydrogen-bond donors (Lipinski definition) is 2. The van der Waals surface area contributed by atoms with Crippen molar-refractivity contribution in [2.75, 3.05) is 7.05 Å². The maximum absolute atomic E-state index is 11.7. The van der Waals surface area contributed by atoms with Crippen LogP contribution in [0.15, 0.2) is 33.3 Å². The molecule has 0 saturated heterocycles. The third kappa shape index (κ3) is 3.10. The fraction of sp³-hybridized carbons (Fsp3) is 0.462. The van der Waals surface area contributed by atoms with E-state index >= 15 is 0 Å². The van der Waals surface area contributed by atoms with E-state index in [4.69, 9.17) is 0 Å². The number of rotatable bonds is 5. The summed E-state index contributed by atoms with van der Waals surface area (Å²) >= 11 is 1.38. The Bertz CT molecular complexity index is 616. The molecule has 6 nitrogen and oxygen atoms in total. The Morgan fingerprint density at radius 3 is 2.65 bits per heavy atom. The highest BCUT2D eigenvalue weighted by Gasteiger charge is 2.13. The van der Waals surface area contributed by atoms with Gasteiger partial charge in [-0.2, -0.15) is 0 Å². The monoisotopic (exact) mass is 293 g/mol. The summed E-state index contributed by atoms with van der Waals surface area (Å²) in [5.41, 5.74) is 0.933. The third-order valence-corrected chi connectivity index (χ3v) is 4.00. The maximum Gasteiger partial charge on any atom is 0.344 e. The van der Waals surface area contributed by atoms with Gasteiger partial charge < -0.3 is 5.32 Å². The Morgan fingerprint density at radius 1 is 1.35 bits per heavy atom. The molecule has 2 rings (SSSR count). The van der Waals surface area contributed by atoms with Gasteiger partial charge in [0, 0.05) is 18.3 Å². The topological polar surface area (TPSA) is 75.6 Å². The van der Waals surface area contributed by atoms with Gasteiger partial charge in [-0.25, -0.2) is 14.9 Å². The molecule has 2 aromatic heterocycles. The van der Waals surface area contributed by atoms with Gasteiger partial charge in [0.05, 0.1) is 0 Å². The quantitative estimate of drug-likeness (QED) is 0.881. The Balaban J connectivity index is 2.21. The first kappa shape index (κ1) is 14.8. The molecule has 0 fully saturated rings. The number of aromatic amines is 1. The standard InChI is InChI=1S/C13H19N5OS/c1-8(2)18-12(19)16-17-13(18)20-11-6-5-10(7-15-11)9(3)14-4/h5-9,14H,1-4H3,(H,16,19). The second-order valence-corrected chi connectivity index (χ2v) is 5.80. The predicted molar refractivity (Wildman–Crippen MR) is 79.1 cm³/mol. The van der Waals surface area contributed by atoms with Crippen molar-refractivity contribution in [2.45, 2.75) is 43.0 Å². The first-order valence-electron chi connectivity index (χ1n) is 6.51. The Hall–Kier alpha value is -1.60. The van der Waals surface area contributed by atoms with Crippen molar-refractivity contribution in [1.29, 1.82) is 0 Å². The van der Waals surface area contributed by atoms with Crippen LogP contribution in [-0.2, 0) is 0 Å². The minimum atomic E-state index is -0.192. The van der Waals surface area contributed by atoms with Gasteiger partial charge in [-0.3, -0.25) is 4.57 Å². The Labute approximate surface area is 122 Å². The molecule has 0 aromatic carbocycles. The highest BCUT2D eigenvalue weighted by Crippen LogP contribution is 2.25. The highest BCUT2D eigenvalue weighted by molar-refractivity contribution is 7.99. The fourth-order valence-electron chi connectivity index (χ4n) is 1.79. The zero-order chi connectivity index (χ0) is 14.7. The van der Waals surface area contributed by atoms with E-state index < -0.39 is 0 Å². The van der Waals surface area contributed by atoms with Crippen molar-refractivity contribution in [1.82, 2.24) is 25.1 Å². The normalized spacial score (nSPS) is 12.8. The fourth-order valence-corrected chi connectivity index (χ4v) is 2.70. The highest BCUT2D eigenvalue weighted by atomic mass is 32.2. The van der Waals surface area contributed by atoms with Gasteiger partial charge >= 0.3 is 5.69 Å². The lowest BCUT2D eigenvalue weighted by Gasteiger charge is -2.11. The number of aromatic nitrogens is 4. The van der Waals surface area contributed by atoms with Crippen molar-refractivity contribution in [2.24, 2.45) is 0 Å². The molecule has 2 aromatic rings. The zero-order valence-electron chi connectivity index (χ0n) is 12.0. The average Bonchev–Trinajstić information content (AvgIpc) is 2.79. The minimum absolute atomic E-state index is 0.0623. The molecule has 1 unspecified atom stereocenters. The van der Waals surface area contributed by atoms with Gasteiger partial charge in [0.15, 0.2) is 5.16 Å². The molecule has 0 aliphatic rings. The van der Waals surface area contributed by atoms with E-state index in [1.807, 2.05) is 39.2 Å². The molecule has 7 heteroatoms. The average molecular weight is 293 g/mol. The smallest absolute Gasteiger partial charge is 0.313 e. The van der Waals surface area contributed by atoms with Crippen molar-refractivity contribution in [3.8, 4) is 0 Å². The van der Waals surface area contributed by atoms with Crippen LogP contribution in [0, 0.1) is 0 Å². The van der Waals surface area contributed by atoms with Gasteiger partial charge in [-0.15, -0.1) is 5.10 Å². The largest absolute Gasteiger partial charge is 0.344 e. The van der Waals surface area contributed by atoms with E-state index in [0.717, 1.165) is 10.6 Å². The van der Waals surface area contributed by atoms with Crippen LogP contribution in [0.25, 0.3) is 0 Å². The molecule has 0 saturated carbocycles. The van der Waals surface area contributed by atoms with Gasteiger partial charge in [0.1, 0.15) is 5.03 Å². The zero-order valence-corrected chi connectivity index (χ0v) is 12.9. The van der Waals surface area contributed by atoms with Crippen LogP contribution in [0.3, 0.4) is 0 Å². The first-order valence-corrected chi connectivity index (χ1v) is 7.32. The third-order valence-electron chi connectivity index (χ3n) is 3.08. The van der Waals surface area contributed by atoms with E-state index in [1.165, 1.54) is 11.8 Å². The molecule has 0 amide bonds. The lowest BCUT2D eigenvalue weighted by Crippen LogP contribution is -2.19. The lowest BCUT2D eigenvalue weighted by molar-refractivity contribution is 0.534. The molecule has 0 spiro atoms. The molecular weight excluding hydrogens is 274 g/mol. The molecule has 1 atom stereocenters. The lowest BCUT2D eigenvalue weighted by atomic mass is 10.1. The Morgan fingerprint density at radius 2 is 2.10 bits per heavy atom. The van der Waals surface area contributed by atoms with Gasteiger partial charge in [-0.05, 0) is 51.2 Å². The maximum atomic E-state index is 11.7. The van der Waals surface area contributed by atoms with Crippen LogP contribution >= 0.6 is 11.8 Å². The van der Waals surface area contributed by atoms with E-state index in [1.54, 1.807) is 4.57 Å². The van der Waals surface area contributed by atoms with E-state index in [-0.39, 0.29) is 17.8 Å². The second-order valence-electron chi connectivity index (χ2n) is 4.82. The number of hydrogen-bond acceptors (Lipinski definition) is 5. The number of H-pyrrole nitrogens is 1. The molecule has 0 bridgehead atoms. The summed E-state index contributed by atoms with van der Waals surface area (Å²) in [4.78, 5) is 16.1. The van der Waals surface area contributed by atoms with Gasteiger partial charge in [0.25, 0.3) is 0 Å². The number of pyridine rings is 1. The number of nitrogens with zero attached hydrogens (tertiary/aromatic N) is 3. The van der Waals surface area contributed by atoms with Crippen molar-refractivity contribution in [3.05, 3.63) is 34.4 Å². The van der Waals surface area contributed by atoms with Crippen LogP contribution in [0.2, 0.25) is 0 Å². The second kappa shape index (κ2) is 6.23. The van der Waals surface area contributed by atoms with Crippen molar-refractivity contribution in [3.63, 3.8) is 0 Å². The SMILES string of the molecule is CNC(C)c1ccc(Sc2n[nH]c(=O)n2C(C)C)nc1. The van der Waals surface area contributed by atoms with E-state index in [0.29, 0.717) is 5.16 Å². The number of nitrogens with one attached hydrogen (secondary N) is 2. The minimum Gasteiger partial charge on any atom is -0.313 e. The molecule has 20 heavy (non-hydrogen) atoms. The summed E-state index contributed by atoms with van der Waals surface area (Å²) < 4.78 is 1.62.